The molecule has 0 amide bonds. The second-order valence-electron chi connectivity index (χ2n) is 5.13. The minimum Gasteiger partial charge on any atom is -0.494 e. The SMILES string of the molecule is COc1cc(F)ccc1NC1CCN2CCCC12. The fourth-order valence-electron chi connectivity index (χ4n) is 3.23. The topological polar surface area (TPSA) is 24.5 Å². The van der Waals surface area contributed by atoms with Crippen molar-refractivity contribution in [3.63, 3.8) is 0 Å². The van der Waals surface area contributed by atoms with Crippen LogP contribution in [0.15, 0.2) is 18.2 Å². The van der Waals surface area contributed by atoms with Crippen LogP contribution in [0.5, 0.6) is 5.75 Å². The number of hydrogen-bond donors (Lipinski definition) is 1. The molecule has 1 aromatic rings. The Morgan fingerprint density at radius 1 is 1.33 bits per heavy atom. The quantitative estimate of drug-likeness (QED) is 0.892. The van der Waals surface area contributed by atoms with Crippen LogP contribution in [0.25, 0.3) is 0 Å². The maximum Gasteiger partial charge on any atom is 0.144 e. The predicted octanol–water partition coefficient (Wildman–Crippen LogP) is 2.48. The van der Waals surface area contributed by atoms with E-state index in [-0.39, 0.29) is 5.82 Å². The lowest BCUT2D eigenvalue weighted by Gasteiger charge is -2.23. The van der Waals surface area contributed by atoms with E-state index in [4.69, 9.17) is 4.74 Å². The third-order valence-electron chi connectivity index (χ3n) is 4.11. The number of ether oxygens (including phenoxy) is 1. The van der Waals surface area contributed by atoms with Crippen LogP contribution in [0.2, 0.25) is 0 Å². The van der Waals surface area contributed by atoms with Gasteiger partial charge in [-0.25, -0.2) is 4.39 Å². The molecule has 2 aliphatic rings. The Kier molecular flexibility index (Phi) is 3.12. The molecule has 2 saturated heterocycles. The second kappa shape index (κ2) is 4.76. The number of halogens is 1. The molecule has 0 aliphatic carbocycles. The zero-order valence-corrected chi connectivity index (χ0v) is 10.7. The standard InChI is InChI=1S/C14H19FN2O/c1-18-14-9-10(15)4-5-12(14)16-11-6-8-17-7-2-3-13(11)17/h4-5,9,11,13,16H,2-3,6-8H2,1H3. The molecule has 2 unspecified atom stereocenters. The van der Waals surface area contributed by atoms with Gasteiger partial charge in [0.2, 0.25) is 0 Å². The highest BCUT2D eigenvalue weighted by Crippen LogP contribution is 2.33. The largest absolute Gasteiger partial charge is 0.494 e. The van der Waals surface area contributed by atoms with Crippen molar-refractivity contribution in [2.45, 2.75) is 31.3 Å². The van der Waals surface area contributed by atoms with Gasteiger partial charge in [0.1, 0.15) is 11.6 Å². The molecule has 2 aliphatic heterocycles. The van der Waals surface area contributed by atoms with E-state index in [1.165, 1.54) is 38.1 Å². The van der Waals surface area contributed by atoms with Crippen molar-refractivity contribution in [3.05, 3.63) is 24.0 Å². The summed E-state index contributed by atoms with van der Waals surface area (Å²) in [5.41, 5.74) is 0.901. The molecule has 18 heavy (non-hydrogen) atoms. The van der Waals surface area contributed by atoms with E-state index in [0.717, 1.165) is 12.1 Å². The number of benzene rings is 1. The van der Waals surface area contributed by atoms with E-state index < -0.39 is 0 Å². The Morgan fingerprint density at radius 2 is 2.22 bits per heavy atom. The van der Waals surface area contributed by atoms with E-state index in [1.54, 1.807) is 13.2 Å². The summed E-state index contributed by atoms with van der Waals surface area (Å²) >= 11 is 0. The molecule has 4 heteroatoms. The van der Waals surface area contributed by atoms with Crippen LogP contribution in [-0.4, -0.2) is 37.2 Å². The number of nitrogens with zero attached hydrogens (tertiary/aromatic N) is 1. The zero-order valence-electron chi connectivity index (χ0n) is 10.7. The first kappa shape index (κ1) is 11.8. The van der Waals surface area contributed by atoms with E-state index >= 15 is 0 Å². The van der Waals surface area contributed by atoms with Crippen LogP contribution < -0.4 is 10.1 Å². The maximum atomic E-state index is 13.1. The van der Waals surface area contributed by atoms with Gasteiger partial charge in [0.15, 0.2) is 0 Å². The maximum absolute atomic E-state index is 13.1. The van der Waals surface area contributed by atoms with E-state index in [9.17, 15) is 4.39 Å². The molecule has 3 rings (SSSR count). The summed E-state index contributed by atoms with van der Waals surface area (Å²) in [7, 11) is 1.58. The summed E-state index contributed by atoms with van der Waals surface area (Å²) in [5, 5.41) is 3.53. The normalized spacial score (nSPS) is 27.2. The first-order valence-corrected chi connectivity index (χ1v) is 6.62. The average molecular weight is 250 g/mol. The highest BCUT2D eigenvalue weighted by Gasteiger charge is 2.37. The first-order valence-electron chi connectivity index (χ1n) is 6.62. The minimum atomic E-state index is -0.258. The molecule has 2 atom stereocenters. The van der Waals surface area contributed by atoms with Crippen molar-refractivity contribution in [1.82, 2.24) is 4.90 Å². The van der Waals surface area contributed by atoms with Crippen molar-refractivity contribution in [3.8, 4) is 5.75 Å². The smallest absolute Gasteiger partial charge is 0.144 e. The van der Waals surface area contributed by atoms with Crippen molar-refractivity contribution in [1.29, 1.82) is 0 Å². The highest BCUT2D eigenvalue weighted by molar-refractivity contribution is 5.57. The molecule has 3 nitrogen and oxygen atoms in total. The highest BCUT2D eigenvalue weighted by atomic mass is 19.1. The van der Waals surface area contributed by atoms with E-state index in [1.807, 2.05) is 0 Å². The Bertz CT molecular complexity index is 438. The van der Waals surface area contributed by atoms with Gasteiger partial charge >= 0.3 is 0 Å². The summed E-state index contributed by atoms with van der Waals surface area (Å²) in [6, 6.07) is 5.79. The molecular weight excluding hydrogens is 231 g/mol. The third-order valence-corrected chi connectivity index (χ3v) is 4.11. The Morgan fingerprint density at radius 3 is 3.06 bits per heavy atom. The monoisotopic (exact) mass is 250 g/mol. The van der Waals surface area contributed by atoms with Gasteiger partial charge in [-0.2, -0.15) is 0 Å². The summed E-state index contributed by atoms with van der Waals surface area (Å²) in [5.74, 6) is 0.331. The molecule has 0 aromatic heterocycles. The molecule has 1 aromatic carbocycles. The molecule has 0 radical (unpaired) electrons. The molecule has 1 N–H and O–H groups in total. The van der Waals surface area contributed by atoms with Gasteiger partial charge in [-0.05, 0) is 37.9 Å². The second-order valence-corrected chi connectivity index (χ2v) is 5.13. The summed E-state index contributed by atoms with van der Waals surface area (Å²) < 4.78 is 18.4. The van der Waals surface area contributed by atoms with E-state index in [0.29, 0.717) is 17.8 Å². The number of fused-ring (bicyclic) bond motifs is 1. The van der Waals surface area contributed by atoms with Gasteiger partial charge in [-0.1, -0.05) is 0 Å². The van der Waals surface area contributed by atoms with Crippen LogP contribution in [0.4, 0.5) is 10.1 Å². The molecule has 0 saturated carbocycles. The van der Waals surface area contributed by atoms with Crippen molar-refractivity contribution in [2.75, 3.05) is 25.5 Å². The third kappa shape index (κ3) is 2.05. The minimum absolute atomic E-state index is 0.258. The van der Waals surface area contributed by atoms with Crippen LogP contribution in [0, 0.1) is 5.82 Å². The van der Waals surface area contributed by atoms with Crippen molar-refractivity contribution < 1.29 is 9.13 Å². The zero-order chi connectivity index (χ0) is 12.5. The van der Waals surface area contributed by atoms with Gasteiger partial charge in [0.25, 0.3) is 0 Å². The number of anilines is 1. The lowest BCUT2D eigenvalue weighted by Crippen LogP contribution is -2.33. The molecule has 2 heterocycles. The Labute approximate surface area is 107 Å². The predicted molar refractivity (Wildman–Crippen MR) is 69.6 cm³/mol. The number of methoxy groups -OCH3 is 1. The summed E-state index contributed by atoms with van der Waals surface area (Å²) in [6.07, 6.45) is 3.72. The fraction of sp³-hybridized carbons (Fsp3) is 0.571. The van der Waals surface area contributed by atoms with Gasteiger partial charge < -0.3 is 10.1 Å². The van der Waals surface area contributed by atoms with Gasteiger partial charge in [-0.3, -0.25) is 4.90 Å². The van der Waals surface area contributed by atoms with Crippen LogP contribution in [-0.2, 0) is 0 Å². The number of hydrogen-bond acceptors (Lipinski definition) is 3. The molecule has 0 spiro atoms. The number of rotatable bonds is 3. The van der Waals surface area contributed by atoms with Crippen LogP contribution >= 0.6 is 0 Å². The van der Waals surface area contributed by atoms with Crippen LogP contribution in [0.1, 0.15) is 19.3 Å². The van der Waals surface area contributed by atoms with Crippen molar-refractivity contribution >= 4 is 5.69 Å². The number of nitrogens with one attached hydrogen (secondary N) is 1. The first-order chi connectivity index (χ1) is 8.78. The fourth-order valence-corrected chi connectivity index (χ4v) is 3.23. The molecular formula is C14H19FN2O. The summed E-state index contributed by atoms with van der Waals surface area (Å²) in [6.45, 7) is 2.40. The lowest BCUT2D eigenvalue weighted by atomic mass is 10.1. The van der Waals surface area contributed by atoms with Gasteiger partial charge in [0.05, 0.1) is 12.8 Å². The van der Waals surface area contributed by atoms with Gasteiger partial charge in [0, 0.05) is 24.7 Å². The summed E-state index contributed by atoms with van der Waals surface area (Å²) in [4.78, 5) is 2.55. The van der Waals surface area contributed by atoms with Crippen molar-refractivity contribution in [2.24, 2.45) is 0 Å². The lowest BCUT2D eigenvalue weighted by molar-refractivity contribution is 0.318. The molecule has 98 valence electrons. The van der Waals surface area contributed by atoms with E-state index in [2.05, 4.69) is 10.2 Å². The Hall–Kier alpha value is -1.29. The average Bonchev–Trinajstić information content (AvgIpc) is 2.96. The van der Waals surface area contributed by atoms with Crippen LogP contribution in [0.3, 0.4) is 0 Å². The molecule has 2 fully saturated rings. The van der Waals surface area contributed by atoms with Gasteiger partial charge in [-0.15, -0.1) is 0 Å². The Balaban J connectivity index is 1.76. The molecule has 0 bridgehead atoms.